The van der Waals surface area contributed by atoms with Crippen molar-refractivity contribution in [2.75, 3.05) is 36.4 Å². The van der Waals surface area contributed by atoms with E-state index in [1.54, 1.807) is 0 Å². The van der Waals surface area contributed by atoms with Gasteiger partial charge in [0.15, 0.2) is 0 Å². The monoisotopic (exact) mass is 393 g/mol. The molecule has 2 amide bonds. The van der Waals surface area contributed by atoms with Gasteiger partial charge in [-0.05, 0) is 56.5 Å². The van der Waals surface area contributed by atoms with E-state index in [1.165, 1.54) is 5.56 Å². The van der Waals surface area contributed by atoms with Crippen LogP contribution in [0.15, 0.2) is 54.6 Å². The minimum absolute atomic E-state index is 0.0699. The van der Waals surface area contributed by atoms with Gasteiger partial charge in [-0.1, -0.05) is 30.3 Å². The van der Waals surface area contributed by atoms with Gasteiger partial charge in [-0.25, -0.2) is 0 Å². The number of amides is 2. The zero-order chi connectivity index (χ0) is 20.6. The van der Waals surface area contributed by atoms with E-state index >= 15 is 0 Å². The Labute approximate surface area is 173 Å². The van der Waals surface area contributed by atoms with Crippen LogP contribution in [0.25, 0.3) is 0 Å². The van der Waals surface area contributed by atoms with Gasteiger partial charge in [-0.2, -0.15) is 0 Å². The lowest BCUT2D eigenvalue weighted by Gasteiger charge is -2.21. The lowest BCUT2D eigenvalue weighted by molar-refractivity contribution is -0.128. The highest BCUT2D eigenvalue weighted by Gasteiger charge is 2.33. The molecule has 0 radical (unpaired) electrons. The van der Waals surface area contributed by atoms with Gasteiger partial charge in [0.05, 0.1) is 5.92 Å². The van der Waals surface area contributed by atoms with Crippen molar-refractivity contribution in [2.24, 2.45) is 5.92 Å². The molecular weight excluding hydrogens is 362 g/mol. The molecule has 1 atom stereocenters. The maximum absolute atomic E-state index is 12.6. The number of nitrogens with zero attached hydrogens (tertiary/aromatic N) is 2. The molecule has 1 aliphatic rings. The largest absolute Gasteiger partial charge is 0.372 e. The number of carbonyl (C=O) groups excluding carboxylic acids is 2. The molecule has 0 aromatic heterocycles. The number of carbonyl (C=O) groups is 2. The predicted molar refractivity (Wildman–Crippen MR) is 118 cm³/mol. The number of likely N-dealkylation sites (tertiary alicyclic amines) is 1. The van der Waals surface area contributed by atoms with E-state index < -0.39 is 0 Å². The first-order chi connectivity index (χ1) is 14.1. The molecular formula is C24H31N3O2. The number of nitrogens with one attached hydrogen (secondary N) is 1. The summed E-state index contributed by atoms with van der Waals surface area (Å²) in [5.74, 6) is -0.267. The number of hydrogen-bond donors (Lipinski definition) is 1. The van der Waals surface area contributed by atoms with Crippen molar-refractivity contribution in [3.05, 3.63) is 60.2 Å². The summed E-state index contributed by atoms with van der Waals surface area (Å²) in [5.41, 5.74) is 3.20. The zero-order valence-electron chi connectivity index (χ0n) is 17.4. The van der Waals surface area contributed by atoms with Gasteiger partial charge in [0.2, 0.25) is 11.8 Å². The van der Waals surface area contributed by atoms with Crippen LogP contribution in [0.5, 0.6) is 0 Å². The quantitative estimate of drug-likeness (QED) is 0.702. The second-order valence-corrected chi connectivity index (χ2v) is 7.54. The molecule has 0 aliphatic carbocycles. The highest BCUT2D eigenvalue weighted by Crippen LogP contribution is 2.22. The molecule has 0 spiro atoms. The van der Waals surface area contributed by atoms with Crippen molar-refractivity contribution in [1.29, 1.82) is 0 Å². The number of hydrogen-bond acceptors (Lipinski definition) is 3. The van der Waals surface area contributed by atoms with Crippen molar-refractivity contribution in [2.45, 2.75) is 33.1 Å². The first-order valence-electron chi connectivity index (χ1n) is 10.6. The van der Waals surface area contributed by atoms with Crippen LogP contribution < -0.4 is 10.2 Å². The third-order valence-corrected chi connectivity index (χ3v) is 5.59. The van der Waals surface area contributed by atoms with Crippen molar-refractivity contribution < 1.29 is 9.59 Å². The Bertz CT molecular complexity index is 801. The predicted octanol–water partition coefficient (Wildman–Crippen LogP) is 3.95. The minimum atomic E-state index is -0.276. The number of rotatable bonds is 9. The van der Waals surface area contributed by atoms with Gasteiger partial charge in [-0.15, -0.1) is 0 Å². The van der Waals surface area contributed by atoms with E-state index in [0.717, 1.165) is 37.3 Å². The summed E-state index contributed by atoms with van der Waals surface area (Å²) < 4.78 is 0. The molecule has 154 valence electrons. The van der Waals surface area contributed by atoms with Crippen LogP contribution in [0.2, 0.25) is 0 Å². The van der Waals surface area contributed by atoms with E-state index in [2.05, 4.69) is 36.2 Å². The Kier molecular flexibility index (Phi) is 7.28. The van der Waals surface area contributed by atoms with E-state index in [0.29, 0.717) is 19.5 Å². The second-order valence-electron chi connectivity index (χ2n) is 7.54. The fourth-order valence-electron chi connectivity index (χ4n) is 3.87. The molecule has 1 N–H and O–H groups in total. The third kappa shape index (κ3) is 5.59. The van der Waals surface area contributed by atoms with Gasteiger partial charge in [0, 0.05) is 44.0 Å². The van der Waals surface area contributed by atoms with Crippen molar-refractivity contribution in [1.82, 2.24) is 4.90 Å². The molecule has 0 bridgehead atoms. The molecule has 5 nitrogen and oxygen atoms in total. The normalized spacial score (nSPS) is 16.1. The van der Waals surface area contributed by atoms with E-state index in [9.17, 15) is 9.59 Å². The molecule has 5 heteroatoms. The Morgan fingerprint density at radius 2 is 1.76 bits per heavy atom. The maximum atomic E-state index is 12.6. The summed E-state index contributed by atoms with van der Waals surface area (Å²) in [6.07, 6.45) is 2.16. The van der Waals surface area contributed by atoms with Gasteiger partial charge >= 0.3 is 0 Å². The number of anilines is 2. The molecule has 2 aromatic rings. The van der Waals surface area contributed by atoms with Gasteiger partial charge < -0.3 is 15.1 Å². The van der Waals surface area contributed by atoms with E-state index in [4.69, 9.17) is 0 Å². The fraction of sp³-hybridized carbons (Fsp3) is 0.417. The van der Waals surface area contributed by atoms with Crippen LogP contribution in [-0.4, -0.2) is 42.9 Å². The molecule has 1 saturated heterocycles. The first-order valence-corrected chi connectivity index (χ1v) is 10.6. The average Bonchev–Trinajstić information content (AvgIpc) is 3.12. The van der Waals surface area contributed by atoms with E-state index in [1.807, 2.05) is 47.4 Å². The van der Waals surface area contributed by atoms with Gasteiger partial charge in [0.1, 0.15) is 0 Å². The van der Waals surface area contributed by atoms with Crippen LogP contribution in [0.3, 0.4) is 0 Å². The molecule has 1 unspecified atom stereocenters. The fourth-order valence-corrected chi connectivity index (χ4v) is 3.87. The molecule has 1 fully saturated rings. The minimum Gasteiger partial charge on any atom is -0.372 e. The average molecular weight is 394 g/mol. The SMILES string of the molecule is CCN(CC)c1ccc(NC(=O)C2CC(=O)N(CCCc3ccccc3)C2)cc1. The standard InChI is InChI=1S/C24H31N3O2/c1-3-26(4-2)22-14-12-21(13-15-22)25-24(29)20-17-23(28)27(18-20)16-8-11-19-9-6-5-7-10-19/h5-7,9-10,12-15,20H,3-4,8,11,16-18H2,1-2H3,(H,25,29). The number of benzene rings is 2. The molecule has 3 rings (SSSR count). The Morgan fingerprint density at radius 1 is 1.07 bits per heavy atom. The molecule has 29 heavy (non-hydrogen) atoms. The van der Waals surface area contributed by atoms with Crippen LogP contribution in [-0.2, 0) is 16.0 Å². The highest BCUT2D eigenvalue weighted by atomic mass is 16.2. The Balaban J connectivity index is 1.48. The van der Waals surface area contributed by atoms with Crippen LogP contribution in [0, 0.1) is 5.92 Å². The van der Waals surface area contributed by atoms with Crippen LogP contribution in [0.1, 0.15) is 32.3 Å². The second kappa shape index (κ2) is 10.1. The number of aryl methyl sites for hydroxylation is 1. The smallest absolute Gasteiger partial charge is 0.229 e. The summed E-state index contributed by atoms with van der Waals surface area (Å²) in [6.45, 7) is 7.37. The summed E-state index contributed by atoms with van der Waals surface area (Å²) in [6, 6.07) is 18.2. The van der Waals surface area contributed by atoms with Crippen molar-refractivity contribution in [3.8, 4) is 0 Å². The van der Waals surface area contributed by atoms with Crippen LogP contribution >= 0.6 is 0 Å². The lowest BCUT2D eigenvalue weighted by atomic mass is 10.1. The summed E-state index contributed by atoms with van der Waals surface area (Å²) >= 11 is 0. The molecule has 1 aliphatic heterocycles. The van der Waals surface area contributed by atoms with E-state index in [-0.39, 0.29) is 17.7 Å². The highest BCUT2D eigenvalue weighted by molar-refractivity contribution is 5.97. The van der Waals surface area contributed by atoms with Crippen molar-refractivity contribution >= 4 is 23.2 Å². The van der Waals surface area contributed by atoms with Crippen molar-refractivity contribution in [3.63, 3.8) is 0 Å². The van der Waals surface area contributed by atoms with Gasteiger partial charge in [-0.3, -0.25) is 9.59 Å². The molecule has 1 heterocycles. The summed E-state index contributed by atoms with van der Waals surface area (Å²) in [4.78, 5) is 29.0. The Morgan fingerprint density at radius 3 is 2.41 bits per heavy atom. The lowest BCUT2D eigenvalue weighted by Crippen LogP contribution is -2.29. The topological polar surface area (TPSA) is 52.7 Å². The van der Waals surface area contributed by atoms with Crippen LogP contribution in [0.4, 0.5) is 11.4 Å². The first kappa shape index (κ1) is 20.9. The molecule has 2 aromatic carbocycles. The molecule has 0 saturated carbocycles. The maximum Gasteiger partial charge on any atom is 0.229 e. The summed E-state index contributed by atoms with van der Waals surface area (Å²) in [5, 5.41) is 2.97. The third-order valence-electron chi connectivity index (χ3n) is 5.59. The summed E-state index contributed by atoms with van der Waals surface area (Å²) in [7, 11) is 0. The van der Waals surface area contributed by atoms with Gasteiger partial charge in [0.25, 0.3) is 0 Å². The zero-order valence-corrected chi connectivity index (χ0v) is 17.4. The Hall–Kier alpha value is -2.82.